The van der Waals surface area contributed by atoms with Gasteiger partial charge in [0, 0.05) is 13.0 Å². The lowest BCUT2D eigenvalue weighted by atomic mass is 10.1. The van der Waals surface area contributed by atoms with E-state index in [-0.39, 0.29) is 30.6 Å². The molecule has 0 bridgehead atoms. The number of hydrazine groups is 1. The van der Waals surface area contributed by atoms with E-state index in [4.69, 9.17) is 10.2 Å². The number of aromatic carboxylic acids is 1. The maximum Gasteiger partial charge on any atom is 0.336 e. The lowest BCUT2D eigenvalue weighted by molar-refractivity contribution is -0.122. The molecule has 0 aromatic heterocycles. The number of carbonyl (C=O) groups is 3. The van der Waals surface area contributed by atoms with Crippen molar-refractivity contribution in [3.8, 4) is 0 Å². The van der Waals surface area contributed by atoms with Crippen LogP contribution in [-0.2, 0) is 4.79 Å². The Kier molecular flexibility index (Phi) is 5.49. The lowest BCUT2D eigenvalue weighted by Crippen LogP contribution is -2.42. The third-order valence-electron chi connectivity index (χ3n) is 2.28. The molecule has 0 saturated carbocycles. The van der Waals surface area contributed by atoms with Crippen LogP contribution < -0.4 is 10.9 Å². The highest BCUT2D eigenvalue weighted by atomic mass is 16.4. The van der Waals surface area contributed by atoms with Crippen molar-refractivity contribution in [2.75, 3.05) is 6.61 Å². The van der Waals surface area contributed by atoms with Crippen LogP contribution in [0, 0.1) is 0 Å². The van der Waals surface area contributed by atoms with Crippen LogP contribution in [0.5, 0.6) is 0 Å². The molecule has 1 aromatic carbocycles. The van der Waals surface area contributed by atoms with E-state index >= 15 is 0 Å². The second kappa shape index (κ2) is 7.12. The van der Waals surface area contributed by atoms with E-state index in [1.165, 1.54) is 24.3 Å². The molecule has 0 atom stereocenters. The molecule has 0 fully saturated rings. The standard InChI is InChI=1S/C12H14N2O5/c15-7-3-6-10(16)13-14-11(17)8-4-1-2-5-9(8)12(18)19/h1-2,4-5,15H,3,6-7H2,(H,13,16)(H,14,17)(H,18,19). The summed E-state index contributed by atoms with van der Waals surface area (Å²) in [6.45, 7) is -0.122. The molecule has 0 aliphatic rings. The highest BCUT2D eigenvalue weighted by Gasteiger charge is 2.15. The second-order valence-corrected chi connectivity index (χ2v) is 3.68. The number of carbonyl (C=O) groups excluding carboxylic acids is 2. The van der Waals surface area contributed by atoms with Gasteiger partial charge in [0.25, 0.3) is 5.91 Å². The lowest BCUT2D eigenvalue weighted by Gasteiger charge is -2.08. The van der Waals surface area contributed by atoms with Gasteiger partial charge in [-0.25, -0.2) is 4.79 Å². The normalized spacial score (nSPS) is 9.74. The van der Waals surface area contributed by atoms with Crippen LogP contribution in [0.3, 0.4) is 0 Å². The van der Waals surface area contributed by atoms with E-state index in [0.29, 0.717) is 0 Å². The van der Waals surface area contributed by atoms with Gasteiger partial charge in [0.2, 0.25) is 5.91 Å². The Labute approximate surface area is 109 Å². The molecule has 19 heavy (non-hydrogen) atoms. The van der Waals surface area contributed by atoms with Crippen LogP contribution in [0.1, 0.15) is 33.6 Å². The number of amides is 2. The minimum atomic E-state index is -1.22. The molecule has 0 radical (unpaired) electrons. The van der Waals surface area contributed by atoms with Gasteiger partial charge in [-0.1, -0.05) is 12.1 Å². The maximum atomic E-state index is 11.7. The number of carboxylic acid groups (broad SMARTS) is 1. The summed E-state index contributed by atoms with van der Waals surface area (Å²) in [6.07, 6.45) is 0.352. The van der Waals surface area contributed by atoms with Gasteiger partial charge < -0.3 is 10.2 Å². The molecule has 0 aliphatic carbocycles. The highest BCUT2D eigenvalue weighted by Crippen LogP contribution is 2.08. The molecule has 1 rings (SSSR count). The summed E-state index contributed by atoms with van der Waals surface area (Å²) < 4.78 is 0. The summed E-state index contributed by atoms with van der Waals surface area (Å²) in [5.41, 5.74) is 4.07. The molecule has 1 aromatic rings. The quantitative estimate of drug-likeness (QED) is 0.556. The van der Waals surface area contributed by atoms with E-state index in [1.54, 1.807) is 0 Å². The SMILES string of the molecule is O=C(CCCO)NNC(=O)c1ccccc1C(=O)O. The molecule has 0 spiro atoms. The first-order valence-corrected chi connectivity index (χ1v) is 5.58. The van der Waals surface area contributed by atoms with Crippen molar-refractivity contribution in [1.29, 1.82) is 0 Å². The number of hydrogen-bond donors (Lipinski definition) is 4. The van der Waals surface area contributed by atoms with Crippen LogP contribution in [0.15, 0.2) is 24.3 Å². The zero-order valence-electron chi connectivity index (χ0n) is 10.0. The first kappa shape index (κ1) is 14.7. The van der Waals surface area contributed by atoms with Gasteiger partial charge in [0.1, 0.15) is 0 Å². The van der Waals surface area contributed by atoms with Gasteiger partial charge >= 0.3 is 5.97 Å². The van der Waals surface area contributed by atoms with Crippen molar-refractivity contribution in [3.05, 3.63) is 35.4 Å². The van der Waals surface area contributed by atoms with Crippen molar-refractivity contribution in [2.45, 2.75) is 12.8 Å². The van der Waals surface area contributed by atoms with Gasteiger partial charge in [0.05, 0.1) is 11.1 Å². The number of nitrogens with one attached hydrogen (secondary N) is 2. The van der Waals surface area contributed by atoms with Crippen LogP contribution in [0.2, 0.25) is 0 Å². The number of aliphatic hydroxyl groups excluding tert-OH is 1. The van der Waals surface area contributed by atoms with Crippen molar-refractivity contribution in [3.63, 3.8) is 0 Å². The Morgan fingerprint density at radius 3 is 2.26 bits per heavy atom. The number of rotatable bonds is 5. The Balaban J connectivity index is 2.64. The molecule has 2 amide bonds. The van der Waals surface area contributed by atoms with E-state index in [2.05, 4.69) is 10.9 Å². The average Bonchev–Trinajstić information content (AvgIpc) is 2.42. The Morgan fingerprint density at radius 1 is 1.05 bits per heavy atom. The van der Waals surface area contributed by atoms with Crippen LogP contribution in [0.25, 0.3) is 0 Å². The summed E-state index contributed by atoms with van der Waals surface area (Å²) in [5, 5.41) is 17.4. The van der Waals surface area contributed by atoms with Crippen LogP contribution in [0.4, 0.5) is 0 Å². The van der Waals surface area contributed by atoms with Crippen molar-refractivity contribution >= 4 is 17.8 Å². The largest absolute Gasteiger partial charge is 0.478 e. The fourth-order valence-corrected chi connectivity index (χ4v) is 1.36. The zero-order valence-corrected chi connectivity index (χ0v) is 10.0. The van der Waals surface area contributed by atoms with Gasteiger partial charge in [-0.05, 0) is 18.6 Å². The van der Waals surface area contributed by atoms with Crippen LogP contribution >= 0.6 is 0 Å². The molecule has 102 valence electrons. The van der Waals surface area contributed by atoms with Crippen molar-refractivity contribution in [2.24, 2.45) is 0 Å². The van der Waals surface area contributed by atoms with Gasteiger partial charge in [-0.3, -0.25) is 20.4 Å². The van der Waals surface area contributed by atoms with Gasteiger partial charge in [-0.2, -0.15) is 0 Å². The van der Waals surface area contributed by atoms with E-state index < -0.39 is 17.8 Å². The predicted octanol–water partition coefficient (Wildman–Crippen LogP) is -0.0817. The van der Waals surface area contributed by atoms with E-state index in [1.807, 2.05) is 0 Å². The Bertz CT molecular complexity index is 487. The van der Waals surface area contributed by atoms with Crippen molar-refractivity contribution < 1.29 is 24.6 Å². The summed E-state index contributed by atoms with van der Waals surface area (Å²) in [4.78, 5) is 33.8. The molecule has 0 saturated heterocycles. The Hall–Kier alpha value is -2.41. The third kappa shape index (κ3) is 4.40. The second-order valence-electron chi connectivity index (χ2n) is 3.68. The van der Waals surface area contributed by atoms with Crippen LogP contribution in [-0.4, -0.2) is 34.6 Å². The molecule has 0 unspecified atom stereocenters. The third-order valence-corrected chi connectivity index (χ3v) is 2.28. The van der Waals surface area contributed by atoms with E-state index in [9.17, 15) is 14.4 Å². The fraction of sp³-hybridized carbons (Fsp3) is 0.250. The predicted molar refractivity (Wildman–Crippen MR) is 65.3 cm³/mol. The maximum absolute atomic E-state index is 11.7. The number of hydrogen-bond acceptors (Lipinski definition) is 4. The summed E-state index contributed by atoms with van der Waals surface area (Å²) in [7, 11) is 0. The van der Waals surface area contributed by atoms with Gasteiger partial charge in [0.15, 0.2) is 0 Å². The molecular weight excluding hydrogens is 252 g/mol. The molecule has 4 N–H and O–H groups in total. The molecule has 0 heterocycles. The smallest absolute Gasteiger partial charge is 0.336 e. The number of benzene rings is 1. The number of carboxylic acids is 1. The zero-order chi connectivity index (χ0) is 14.3. The molecular formula is C12H14N2O5. The summed E-state index contributed by atoms with van der Waals surface area (Å²) in [6, 6.07) is 5.67. The number of aliphatic hydroxyl groups is 1. The monoisotopic (exact) mass is 266 g/mol. The van der Waals surface area contributed by atoms with E-state index in [0.717, 1.165) is 0 Å². The summed E-state index contributed by atoms with van der Waals surface area (Å²) >= 11 is 0. The summed E-state index contributed by atoms with van der Waals surface area (Å²) in [5.74, 6) is -2.40. The average molecular weight is 266 g/mol. The fourth-order valence-electron chi connectivity index (χ4n) is 1.36. The first-order chi connectivity index (χ1) is 9.06. The van der Waals surface area contributed by atoms with Crippen molar-refractivity contribution in [1.82, 2.24) is 10.9 Å². The Morgan fingerprint density at radius 2 is 1.68 bits per heavy atom. The topological polar surface area (TPSA) is 116 Å². The highest BCUT2D eigenvalue weighted by molar-refractivity contribution is 6.05. The molecule has 7 nitrogen and oxygen atoms in total. The minimum Gasteiger partial charge on any atom is -0.478 e. The molecule has 7 heteroatoms. The van der Waals surface area contributed by atoms with Gasteiger partial charge in [-0.15, -0.1) is 0 Å². The first-order valence-electron chi connectivity index (χ1n) is 5.58. The molecule has 0 aliphatic heterocycles. The minimum absolute atomic E-state index is 0.0440.